The summed E-state index contributed by atoms with van der Waals surface area (Å²) in [7, 11) is 1.78. The maximum atomic E-state index is 6.24. The Morgan fingerprint density at radius 1 is 1.42 bits per heavy atom. The smallest absolute Gasteiger partial charge is 0.138 e. The lowest BCUT2D eigenvalue weighted by Crippen LogP contribution is -2.48. The van der Waals surface area contributed by atoms with Crippen LogP contribution in [0, 0.1) is 0 Å². The Balaban J connectivity index is 2.34. The van der Waals surface area contributed by atoms with Crippen molar-refractivity contribution in [3.8, 4) is 0 Å². The van der Waals surface area contributed by atoms with Crippen LogP contribution in [0.25, 0.3) is 0 Å². The summed E-state index contributed by atoms with van der Waals surface area (Å²) in [6.07, 6.45) is 3.72. The summed E-state index contributed by atoms with van der Waals surface area (Å²) in [5.74, 6) is 1.26. The first-order valence-corrected chi connectivity index (χ1v) is 7.15. The number of rotatable bonds is 3. The van der Waals surface area contributed by atoms with E-state index < -0.39 is 0 Å². The lowest BCUT2D eigenvalue weighted by molar-refractivity contribution is -0.00486. The number of nitrogens with zero attached hydrogens (tertiary/aromatic N) is 3. The second kappa shape index (κ2) is 5.63. The third-order valence-corrected chi connectivity index (χ3v) is 4.14. The molecule has 0 aromatic carbocycles. The number of hydrogen-bond acceptors (Lipinski definition) is 4. The fourth-order valence-corrected chi connectivity index (χ4v) is 3.01. The maximum Gasteiger partial charge on any atom is 0.138 e. The molecular formula is C14H22ClN3O. The highest BCUT2D eigenvalue weighted by molar-refractivity contribution is 6.30. The van der Waals surface area contributed by atoms with Crippen molar-refractivity contribution >= 4 is 17.4 Å². The minimum absolute atomic E-state index is 0.107. The molecule has 1 aromatic rings. The summed E-state index contributed by atoms with van der Waals surface area (Å²) in [6.45, 7) is 8.22. The van der Waals surface area contributed by atoms with Gasteiger partial charge in [0.2, 0.25) is 0 Å². The number of piperidine rings is 1. The minimum Gasteiger partial charge on any atom is -0.377 e. The molecule has 2 rings (SSSR count). The van der Waals surface area contributed by atoms with Crippen molar-refractivity contribution in [3.05, 3.63) is 17.0 Å². The summed E-state index contributed by atoms with van der Waals surface area (Å²) in [4.78, 5) is 10.8. The molecule has 0 N–H and O–H groups in total. The molecule has 0 aliphatic carbocycles. The Morgan fingerprint density at radius 2 is 2.16 bits per heavy atom. The quantitative estimate of drug-likeness (QED) is 0.798. The van der Waals surface area contributed by atoms with Gasteiger partial charge in [0.25, 0.3) is 0 Å². The lowest BCUT2D eigenvalue weighted by atomic mass is 9.94. The van der Waals surface area contributed by atoms with Crippen LogP contribution < -0.4 is 4.90 Å². The molecule has 106 valence electrons. The van der Waals surface area contributed by atoms with Gasteiger partial charge in [-0.15, -0.1) is 0 Å². The largest absolute Gasteiger partial charge is 0.377 e. The first-order valence-electron chi connectivity index (χ1n) is 6.77. The second-order valence-electron chi connectivity index (χ2n) is 5.74. The van der Waals surface area contributed by atoms with Crippen molar-refractivity contribution in [2.24, 2.45) is 0 Å². The molecule has 0 saturated carbocycles. The van der Waals surface area contributed by atoms with Gasteiger partial charge in [0.15, 0.2) is 0 Å². The van der Waals surface area contributed by atoms with Crippen molar-refractivity contribution in [1.82, 2.24) is 9.97 Å². The molecule has 0 spiro atoms. The van der Waals surface area contributed by atoms with Crippen LogP contribution in [0.1, 0.15) is 45.1 Å². The van der Waals surface area contributed by atoms with E-state index in [4.69, 9.17) is 16.3 Å². The number of anilines is 1. The number of aromatic nitrogens is 2. The molecule has 19 heavy (non-hydrogen) atoms. The van der Waals surface area contributed by atoms with Crippen molar-refractivity contribution < 1.29 is 4.74 Å². The third kappa shape index (κ3) is 3.00. The summed E-state index contributed by atoms with van der Waals surface area (Å²) in [5, 5.41) is 0.560. The van der Waals surface area contributed by atoms with Gasteiger partial charge in [0, 0.05) is 25.8 Å². The second-order valence-corrected chi connectivity index (χ2v) is 6.09. The Kier molecular flexibility index (Phi) is 4.31. The molecule has 4 nitrogen and oxygen atoms in total. The molecule has 1 aliphatic rings. The monoisotopic (exact) mass is 283 g/mol. The van der Waals surface area contributed by atoms with E-state index in [1.807, 2.05) is 0 Å². The zero-order chi connectivity index (χ0) is 14.0. The van der Waals surface area contributed by atoms with E-state index in [1.54, 1.807) is 13.4 Å². The Bertz CT molecular complexity index is 452. The van der Waals surface area contributed by atoms with E-state index >= 15 is 0 Å². The Labute approximate surface area is 120 Å². The Morgan fingerprint density at radius 3 is 2.79 bits per heavy atom. The zero-order valence-electron chi connectivity index (χ0n) is 12.1. The highest BCUT2D eigenvalue weighted by Crippen LogP contribution is 2.34. The highest BCUT2D eigenvalue weighted by atomic mass is 35.5. The van der Waals surface area contributed by atoms with Gasteiger partial charge in [0.05, 0.1) is 5.60 Å². The fraction of sp³-hybridized carbons (Fsp3) is 0.714. The molecule has 5 heteroatoms. The fourth-order valence-electron chi connectivity index (χ4n) is 2.67. The van der Waals surface area contributed by atoms with E-state index in [-0.39, 0.29) is 5.60 Å². The topological polar surface area (TPSA) is 38.2 Å². The van der Waals surface area contributed by atoms with E-state index in [0.717, 1.165) is 37.3 Å². The molecule has 0 amide bonds. The van der Waals surface area contributed by atoms with Crippen LogP contribution in [-0.2, 0) is 4.74 Å². The molecule has 1 atom stereocenters. The number of halogens is 1. The van der Waals surface area contributed by atoms with Gasteiger partial charge >= 0.3 is 0 Å². The van der Waals surface area contributed by atoms with Crippen LogP contribution in [0.4, 0.5) is 5.82 Å². The van der Waals surface area contributed by atoms with Crippen molar-refractivity contribution in [2.45, 2.75) is 45.1 Å². The molecule has 1 unspecified atom stereocenters. The predicted octanol–water partition coefficient (Wildman–Crippen LogP) is 3.26. The predicted molar refractivity (Wildman–Crippen MR) is 78.0 cm³/mol. The molecule has 1 aromatic heterocycles. The summed E-state index contributed by atoms with van der Waals surface area (Å²) in [6, 6.07) is 0. The van der Waals surface area contributed by atoms with E-state index in [9.17, 15) is 0 Å². The number of hydrogen-bond donors (Lipinski definition) is 0. The Hall–Kier alpha value is -0.870. The van der Waals surface area contributed by atoms with Crippen LogP contribution >= 0.6 is 11.6 Å². The van der Waals surface area contributed by atoms with Crippen molar-refractivity contribution in [2.75, 3.05) is 25.1 Å². The van der Waals surface area contributed by atoms with Crippen LogP contribution in [0.3, 0.4) is 0 Å². The van der Waals surface area contributed by atoms with Gasteiger partial charge in [-0.2, -0.15) is 0 Å². The van der Waals surface area contributed by atoms with Crippen LogP contribution in [0.2, 0.25) is 5.15 Å². The summed E-state index contributed by atoms with van der Waals surface area (Å²) >= 11 is 6.24. The number of methoxy groups -OCH3 is 1. The maximum absolute atomic E-state index is 6.24. The highest BCUT2D eigenvalue weighted by Gasteiger charge is 2.32. The van der Waals surface area contributed by atoms with Crippen molar-refractivity contribution in [1.29, 1.82) is 0 Å². The molecule has 0 radical (unpaired) electrons. The molecule has 1 saturated heterocycles. The SMILES string of the molecule is COC1(C)CCCN(c2ncnc(Cl)c2C(C)C)C1. The third-order valence-electron chi connectivity index (χ3n) is 3.84. The van der Waals surface area contributed by atoms with Crippen molar-refractivity contribution in [3.63, 3.8) is 0 Å². The molecular weight excluding hydrogens is 262 g/mol. The molecule has 1 aliphatic heterocycles. The average Bonchev–Trinajstić information content (AvgIpc) is 2.38. The number of ether oxygens (including phenoxy) is 1. The summed E-state index contributed by atoms with van der Waals surface area (Å²) in [5.41, 5.74) is 0.925. The van der Waals surface area contributed by atoms with Gasteiger partial charge in [-0.25, -0.2) is 9.97 Å². The molecule has 2 heterocycles. The summed E-state index contributed by atoms with van der Waals surface area (Å²) < 4.78 is 5.64. The lowest BCUT2D eigenvalue weighted by Gasteiger charge is -2.40. The van der Waals surface area contributed by atoms with Gasteiger partial charge in [-0.05, 0) is 25.7 Å². The van der Waals surface area contributed by atoms with Gasteiger partial charge in [-0.3, -0.25) is 0 Å². The van der Waals surface area contributed by atoms with E-state index in [1.165, 1.54) is 0 Å². The van der Waals surface area contributed by atoms with Gasteiger partial charge in [-0.1, -0.05) is 25.4 Å². The van der Waals surface area contributed by atoms with E-state index in [0.29, 0.717) is 11.1 Å². The van der Waals surface area contributed by atoms with Crippen LogP contribution in [0.5, 0.6) is 0 Å². The van der Waals surface area contributed by atoms with Crippen LogP contribution in [0.15, 0.2) is 6.33 Å². The first kappa shape index (κ1) is 14.5. The average molecular weight is 284 g/mol. The van der Waals surface area contributed by atoms with Gasteiger partial charge in [0.1, 0.15) is 17.3 Å². The molecule has 0 bridgehead atoms. The normalized spacial score (nSPS) is 24.0. The first-order chi connectivity index (χ1) is 8.97. The van der Waals surface area contributed by atoms with Crippen LogP contribution in [-0.4, -0.2) is 35.8 Å². The standard InChI is InChI=1S/C14H22ClN3O/c1-10(2)11-12(15)16-9-17-13(11)18-7-5-6-14(3,8-18)19-4/h9-10H,5-8H2,1-4H3. The van der Waals surface area contributed by atoms with E-state index in [2.05, 4.69) is 35.6 Å². The minimum atomic E-state index is -0.107. The van der Waals surface area contributed by atoms with Gasteiger partial charge < -0.3 is 9.64 Å². The molecule has 1 fully saturated rings. The zero-order valence-corrected chi connectivity index (χ0v) is 12.9.